The van der Waals surface area contributed by atoms with Crippen LogP contribution >= 0.6 is 0 Å². The van der Waals surface area contributed by atoms with Crippen LogP contribution in [0.3, 0.4) is 0 Å². The van der Waals surface area contributed by atoms with E-state index in [1.807, 2.05) is 31.2 Å². The number of carbonyl (C=O) groups is 2. The molecule has 0 spiro atoms. The van der Waals surface area contributed by atoms with Gasteiger partial charge in [0, 0.05) is 5.69 Å². The van der Waals surface area contributed by atoms with Gasteiger partial charge < -0.3 is 5.32 Å². The van der Waals surface area contributed by atoms with Gasteiger partial charge in [0.25, 0.3) is 0 Å². The number of anilines is 1. The summed E-state index contributed by atoms with van der Waals surface area (Å²) < 4.78 is 0. The van der Waals surface area contributed by atoms with E-state index < -0.39 is 6.03 Å². The van der Waals surface area contributed by atoms with Crippen LogP contribution in [0.5, 0.6) is 0 Å². The summed E-state index contributed by atoms with van der Waals surface area (Å²) >= 11 is 0. The number of aliphatic imine (C=N–C) groups is 1. The zero-order valence-electron chi connectivity index (χ0n) is 10.8. The molecule has 0 unspecified atom stereocenters. The SMILES string of the molecule is CC1=CC(=O)C=CC1=NC(=O)Nc1ccc(C)cc1. The quantitative estimate of drug-likeness (QED) is 0.783. The zero-order chi connectivity index (χ0) is 13.8. The average molecular weight is 254 g/mol. The smallest absolute Gasteiger partial charge is 0.306 e. The van der Waals surface area contributed by atoms with Gasteiger partial charge in [-0.25, -0.2) is 4.79 Å². The first kappa shape index (κ1) is 13.0. The van der Waals surface area contributed by atoms with Gasteiger partial charge >= 0.3 is 6.03 Å². The number of aryl methyl sites for hydroxylation is 1. The highest BCUT2D eigenvalue weighted by molar-refractivity contribution is 6.22. The fraction of sp³-hybridized carbons (Fsp3) is 0.133. The highest BCUT2D eigenvalue weighted by Gasteiger charge is 2.09. The summed E-state index contributed by atoms with van der Waals surface area (Å²) in [5.41, 5.74) is 3.00. The molecule has 1 aromatic rings. The van der Waals surface area contributed by atoms with Crippen molar-refractivity contribution < 1.29 is 9.59 Å². The number of amides is 2. The van der Waals surface area contributed by atoms with Crippen LogP contribution in [-0.2, 0) is 4.79 Å². The lowest BCUT2D eigenvalue weighted by atomic mass is 10.1. The number of hydrogen-bond acceptors (Lipinski definition) is 2. The van der Waals surface area contributed by atoms with Crippen molar-refractivity contribution in [1.82, 2.24) is 0 Å². The monoisotopic (exact) mass is 254 g/mol. The van der Waals surface area contributed by atoms with E-state index in [-0.39, 0.29) is 5.78 Å². The van der Waals surface area contributed by atoms with Crippen LogP contribution < -0.4 is 5.32 Å². The molecule has 0 aromatic heterocycles. The van der Waals surface area contributed by atoms with Gasteiger partial charge in [0.15, 0.2) is 5.78 Å². The fourth-order valence-electron chi connectivity index (χ4n) is 1.65. The minimum Gasteiger partial charge on any atom is -0.306 e. The number of hydrogen-bond donors (Lipinski definition) is 1. The first-order valence-electron chi connectivity index (χ1n) is 5.91. The molecule has 19 heavy (non-hydrogen) atoms. The summed E-state index contributed by atoms with van der Waals surface area (Å²) in [5, 5.41) is 2.68. The van der Waals surface area contributed by atoms with Crippen molar-refractivity contribution in [2.45, 2.75) is 13.8 Å². The highest BCUT2D eigenvalue weighted by atomic mass is 16.2. The van der Waals surface area contributed by atoms with Crippen LogP contribution in [0.1, 0.15) is 12.5 Å². The molecule has 0 atom stereocenters. The lowest BCUT2D eigenvalue weighted by Crippen LogP contribution is -2.12. The Bertz CT molecular complexity index is 608. The fourth-order valence-corrected chi connectivity index (χ4v) is 1.65. The molecule has 1 aromatic carbocycles. The highest BCUT2D eigenvalue weighted by Crippen LogP contribution is 2.10. The maximum Gasteiger partial charge on any atom is 0.345 e. The summed E-state index contributed by atoms with van der Waals surface area (Å²) in [5.74, 6) is -0.0876. The Hall–Kier alpha value is -2.49. The minimum atomic E-state index is -0.453. The number of nitrogens with one attached hydrogen (secondary N) is 1. The van der Waals surface area contributed by atoms with E-state index in [9.17, 15) is 9.59 Å². The standard InChI is InChI=1S/C15H14N2O2/c1-10-3-5-12(6-4-10)16-15(19)17-14-8-7-13(18)9-11(14)2/h3-9H,1-2H3,(H,16,19). The second-order valence-corrected chi connectivity index (χ2v) is 4.36. The van der Waals surface area contributed by atoms with E-state index in [0.717, 1.165) is 5.56 Å². The largest absolute Gasteiger partial charge is 0.345 e. The van der Waals surface area contributed by atoms with Crippen molar-refractivity contribution >= 4 is 23.2 Å². The van der Waals surface area contributed by atoms with Crippen molar-refractivity contribution in [3.8, 4) is 0 Å². The summed E-state index contributed by atoms with van der Waals surface area (Å²) in [4.78, 5) is 26.8. The van der Waals surface area contributed by atoms with Crippen LogP contribution in [0.15, 0.2) is 53.1 Å². The molecule has 4 heteroatoms. The molecule has 4 nitrogen and oxygen atoms in total. The van der Waals surface area contributed by atoms with Crippen LogP contribution in [0.4, 0.5) is 10.5 Å². The Morgan fingerprint density at radius 3 is 2.42 bits per heavy atom. The maximum absolute atomic E-state index is 11.7. The van der Waals surface area contributed by atoms with E-state index in [1.54, 1.807) is 13.0 Å². The lowest BCUT2D eigenvalue weighted by Gasteiger charge is -2.06. The topological polar surface area (TPSA) is 58.5 Å². The number of ketones is 1. The third-order valence-electron chi connectivity index (χ3n) is 2.69. The lowest BCUT2D eigenvalue weighted by molar-refractivity contribution is -0.110. The Balaban J connectivity index is 2.09. The molecule has 0 heterocycles. The van der Waals surface area contributed by atoms with Gasteiger partial charge in [-0.2, -0.15) is 4.99 Å². The van der Waals surface area contributed by atoms with Crippen molar-refractivity contribution in [3.63, 3.8) is 0 Å². The molecule has 0 bridgehead atoms. The minimum absolute atomic E-state index is 0.0876. The van der Waals surface area contributed by atoms with E-state index in [1.165, 1.54) is 12.2 Å². The summed E-state index contributed by atoms with van der Waals surface area (Å²) in [6, 6.07) is 7.00. The van der Waals surface area contributed by atoms with Crippen molar-refractivity contribution in [3.05, 3.63) is 53.6 Å². The molecule has 2 amide bonds. The first-order chi connectivity index (χ1) is 9.04. The number of benzene rings is 1. The molecular formula is C15H14N2O2. The third kappa shape index (κ3) is 3.48. The molecule has 0 radical (unpaired) electrons. The second kappa shape index (κ2) is 5.44. The Labute approximate surface area is 111 Å². The summed E-state index contributed by atoms with van der Waals surface area (Å²) in [6.07, 6.45) is 4.40. The molecule has 1 N–H and O–H groups in total. The van der Waals surface area contributed by atoms with Gasteiger partial charge in [0.2, 0.25) is 0 Å². The molecule has 1 aliphatic rings. The van der Waals surface area contributed by atoms with Crippen LogP contribution in [0.25, 0.3) is 0 Å². The number of rotatable bonds is 1. The Kier molecular flexibility index (Phi) is 3.71. The Morgan fingerprint density at radius 1 is 1.11 bits per heavy atom. The molecule has 0 aliphatic heterocycles. The van der Waals surface area contributed by atoms with Gasteiger partial charge in [-0.1, -0.05) is 17.7 Å². The predicted octanol–water partition coefficient (Wildman–Crippen LogP) is 3.05. The molecule has 0 saturated heterocycles. The first-order valence-corrected chi connectivity index (χ1v) is 5.91. The number of nitrogens with zero attached hydrogens (tertiary/aromatic N) is 1. The van der Waals surface area contributed by atoms with Crippen LogP contribution in [0.2, 0.25) is 0 Å². The van der Waals surface area contributed by atoms with Crippen LogP contribution in [-0.4, -0.2) is 17.5 Å². The molecule has 0 saturated carbocycles. The molecule has 0 fully saturated rings. The number of carbonyl (C=O) groups excluding carboxylic acids is 2. The van der Waals surface area contributed by atoms with Crippen molar-refractivity contribution in [2.24, 2.45) is 4.99 Å². The van der Waals surface area contributed by atoms with Gasteiger partial charge in [-0.3, -0.25) is 4.79 Å². The molecule has 96 valence electrons. The second-order valence-electron chi connectivity index (χ2n) is 4.36. The predicted molar refractivity (Wildman–Crippen MR) is 75.5 cm³/mol. The van der Waals surface area contributed by atoms with E-state index in [2.05, 4.69) is 10.3 Å². The van der Waals surface area contributed by atoms with Gasteiger partial charge in [-0.05, 0) is 49.8 Å². The van der Waals surface area contributed by atoms with Gasteiger partial charge in [0.1, 0.15) is 0 Å². The molecule has 1 aliphatic carbocycles. The summed E-state index contributed by atoms with van der Waals surface area (Å²) in [7, 11) is 0. The third-order valence-corrected chi connectivity index (χ3v) is 2.69. The van der Waals surface area contributed by atoms with Crippen molar-refractivity contribution in [1.29, 1.82) is 0 Å². The van der Waals surface area contributed by atoms with Crippen molar-refractivity contribution in [2.75, 3.05) is 5.32 Å². The van der Waals surface area contributed by atoms with E-state index in [4.69, 9.17) is 0 Å². The zero-order valence-corrected chi connectivity index (χ0v) is 10.8. The van der Waals surface area contributed by atoms with Crippen LogP contribution in [0, 0.1) is 6.92 Å². The van der Waals surface area contributed by atoms with Gasteiger partial charge in [-0.15, -0.1) is 0 Å². The Morgan fingerprint density at radius 2 is 1.79 bits per heavy atom. The normalized spacial score (nSPS) is 16.4. The maximum atomic E-state index is 11.7. The van der Waals surface area contributed by atoms with Gasteiger partial charge in [0.05, 0.1) is 5.71 Å². The van der Waals surface area contributed by atoms with E-state index >= 15 is 0 Å². The number of urea groups is 1. The average Bonchev–Trinajstić information content (AvgIpc) is 2.36. The molecule has 2 rings (SSSR count). The number of allylic oxidation sites excluding steroid dienone is 4. The summed E-state index contributed by atoms with van der Waals surface area (Å²) in [6.45, 7) is 3.73. The van der Waals surface area contributed by atoms with E-state index in [0.29, 0.717) is 17.0 Å². The molecular weight excluding hydrogens is 240 g/mol.